The van der Waals surface area contributed by atoms with Crippen LogP contribution in [0.25, 0.3) is 0 Å². The van der Waals surface area contributed by atoms with Crippen LogP contribution >= 0.6 is 0 Å². The number of pyridine rings is 1. The maximum absolute atomic E-state index is 13.6. The van der Waals surface area contributed by atoms with Crippen LogP contribution in [0.1, 0.15) is 34.3 Å². The Bertz CT molecular complexity index is 1130. The fraction of sp³-hybridized carbons (Fsp3) is 0.269. The van der Waals surface area contributed by atoms with Crippen LogP contribution in [0, 0.1) is 0 Å². The van der Waals surface area contributed by atoms with Gasteiger partial charge in [0.1, 0.15) is 0 Å². The van der Waals surface area contributed by atoms with Crippen LogP contribution in [0.15, 0.2) is 73.1 Å². The summed E-state index contributed by atoms with van der Waals surface area (Å²) in [5, 5.41) is 3.14. The van der Waals surface area contributed by atoms with Gasteiger partial charge in [-0.2, -0.15) is 0 Å². The van der Waals surface area contributed by atoms with Crippen molar-refractivity contribution in [3.8, 4) is 0 Å². The summed E-state index contributed by atoms with van der Waals surface area (Å²) < 4.78 is 5.56. The summed E-state index contributed by atoms with van der Waals surface area (Å²) >= 11 is 0. The fourth-order valence-electron chi connectivity index (χ4n) is 4.69. The van der Waals surface area contributed by atoms with E-state index in [1.807, 2.05) is 48.5 Å². The quantitative estimate of drug-likeness (QED) is 0.684. The molecule has 3 aromatic rings. The van der Waals surface area contributed by atoms with Crippen molar-refractivity contribution >= 4 is 23.2 Å². The minimum absolute atomic E-state index is 0.0306. The van der Waals surface area contributed by atoms with Crippen molar-refractivity contribution in [3.63, 3.8) is 0 Å². The molecule has 32 heavy (non-hydrogen) atoms. The molecule has 1 fully saturated rings. The summed E-state index contributed by atoms with van der Waals surface area (Å²) in [6.07, 6.45) is 5.32. The molecule has 2 aromatic carbocycles. The summed E-state index contributed by atoms with van der Waals surface area (Å²) in [6.45, 7) is 1.74. The first-order valence-electron chi connectivity index (χ1n) is 11.0. The standard InChI is InChI=1S/C26H25N3O3/c30-24(20-8-13-27-14-9-20)29-15-10-19-6-7-22(18-23(19)29)28-25(31)26(11-16-32-17-12-26)21-4-2-1-3-5-21/h1-9,13-14,18H,10-12,15-17H2,(H,28,31). The molecule has 3 heterocycles. The molecule has 2 amide bonds. The van der Waals surface area contributed by atoms with Crippen LogP contribution in [0.2, 0.25) is 0 Å². The van der Waals surface area contributed by atoms with Crippen molar-refractivity contribution < 1.29 is 14.3 Å². The number of carbonyl (C=O) groups excluding carboxylic acids is 2. The third-order valence-corrected chi connectivity index (χ3v) is 6.52. The maximum Gasteiger partial charge on any atom is 0.258 e. The molecule has 2 aliphatic heterocycles. The third-order valence-electron chi connectivity index (χ3n) is 6.52. The topological polar surface area (TPSA) is 71.5 Å². The average Bonchev–Trinajstić information content (AvgIpc) is 3.28. The van der Waals surface area contributed by atoms with Gasteiger partial charge in [-0.3, -0.25) is 14.6 Å². The van der Waals surface area contributed by atoms with Gasteiger partial charge in [0, 0.05) is 49.1 Å². The fourth-order valence-corrected chi connectivity index (χ4v) is 4.69. The van der Waals surface area contributed by atoms with Gasteiger partial charge < -0.3 is 15.0 Å². The van der Waals surface area contributed by atoms with Crippen molar-refractivity contribution in [1.29, 1.82) is 0 Å². The summed E-state index contributed by atoms with van der Waals surface area (Å²) in [4.78, 5) is 32.4. The Hall–Kier alpha value is -3.51. The lowest BCUT2D eigenvalue weighted by Crippen LogP contribution is -2.44. The van der Waals surface area contributed by atoms with Gasteiger partial charge in [0.15, 0.2) is 0 Å². The van der Waals surface area contributed by atoms with E-state index in [1.54, 1.807) is 29.4 Å². The maximum atomic E-state index is 13.6. The van der Waals surface area contributed by atoms with Crippen LogP contribution in [0.5, 0.6) is 0 Å². The van der Waals surface area contributed by atoms with Gasteiger partial charge in [-0.15, -0.1) is 0 Å². The summed E-state index contributed by atoms with van der Waals surface area (Å²) in [5.74, 6) is -0.0863. The smallest absolute Gasteiger partial charge is 0.258 e. The highest BCUT2D eigenvalue weighted by Gasteiger charge is 2.41. The first-order valence-corrected chi connectivity index (χ1v) is 11.0. The molecule has 162 valence electrons. The van der Waals surface area contributed by atoms with Crippen LogP contribution in [0.4, 0.5) is 11.4 Å². The van der Waals surface area contributed by atoms with E-state index in [1.165, 1.54) is 0 Å². The Morgan fingerprint density at radius 3 is 2.47 bits per heavy atom. The van der Waals surface area contributed by atoms with E-state index < -0.39 is 5.41 Å². The van der Waals surface area contributed by atoms with Gasteiger partial charge in [0.2, 0.25) is 5.91 Å². The lowest BCUT2D eigenvalue weighted by Gasteiger charge is -2.36. The molecule has 5 rings (SSSR count). The normalized spacial score (nSPS) is 16.9. The molecule has 0 aliphatic carbocycles. The number of nitrogens with zero attached hydrogens (tertiary/aromatic N) is 2. The van der Waals surface area contributed by atoms with Gasteiger partial charge in [0.05, 0.1) is 5.41 Å². The number of nitrogens with one attached hydrogen (secondary N) is 1. The van der Waals surface area contributed by atoms with Crippen molar-refractivity contribution in [3.05, 3.63) is 89.7 Å². The van der Waals surface area contributed by atoms with E-state index >= 15 is 0 Å². The van der Waals surface area contributed by atoms with Crippen molar-refractivity contribution in [2.45, 2.75) is 24.7 Å². The highest BCUT2D eigenvalue weighted by atomic mass is 16.5. The summed E-state index contributed by atoms with van der Waals surface area (Å²) in [7, 11) is 0. The van der Waals surface area contributed by atoms with E-state index in [-0.39, 0.29) is 11.8 Å². The van der Waals surface area contributed by atoms with Gasteiger partial charge >= 0.3 is 0 Å². The van der Waals surface area contributed by atoms with E-state index in [4.69, 9.17) is 4.74 Å². The number of hydrogen-bond acceptors (Lipinski definition) is 4. The second-order valence-corrected chi connectivity index (χ2v) is 8.30. The molecule has 0 bridgehead atoms. The number of anilines is 2. The monoisotopic (exact) mass is 427 g/mol. The Morgan fingerprint density at radius 2 is 1.72 bits per heavy atom. The number of benzene rings is 2. The van der Waals surface area contributed by atoms with Crippen molar-refractivity contribution in [1.82, 2.24) is 4.98 Å². The molecule has 6 heteroatoms. The number of carbonyl (C=O) groups is 2. The molecule has 0 atom stereocenters. The molecular formula is C26H25N3O3. The van der Waals surface area contributed by atoms with Crippen LogP contribution in [-0.2, 0) is 21.4 Å². The lowest BCUT2D eigenvalue weighted by atomic mass is 9.73. The first kappa shape index (κ1) is 20.4. The minimum atomic E-state index is -0.620. The molecular weight excluding hydrogens is 402 g/mol. The van der Waals surface area contributed by atoms with E-state index in [0.29, 0.717) is 43.9 Å². The molecule has 0 unspecified atom stereocenters. The first-order chi connectivity index (χ1) is 15.7. The molecule has 0 saturated carbocycles. The molecule has 1 N–H and O–H groups in total. The van der Waals surface area contributed by atoms with Crippen molar-refractivity contribution in [2.75, 3.05) is 30.0 Å². The Balaban J connectivity index is 1.42. The van der Waals surface area contributed by atoms with E-state index in [2.05, 4.69) is 10.3 Å². The molecule has 1 saturated heterocycles. The number of amides is 2. The summed E-state index contributed by atoms with van der Waals surface area (Å²) in [6, 6.07) is 19.2. The highest BCUT2D eigenvalue weighted by molar-refractivity contribution is 6.08. The number of aromatic nitrogens is 1. The zero-order chi connectivity index (χ0) is 22.0. The predicted octanol–water partition coefficient (Wildman–Crippen LogP) is 3.97. The highest BCUT2D eigenvalue weighted by Crippen LogP contribution is 2.37. The van der Waals surface area contributed by atoms with Crippen molar-refractivity contribution in [2.24, 2.45) is 0 Å². The van der Waals surface area contributed by atoms with Crippen LogP contribution in [-0.4, -0.2) is 36.6 Å². The third kappa shape index (κ3) is 3.67. The number of hydrogen-bond donors (Lipinski definition) is 1. The summed E-state index contributed by atoms with van der Waals surface area (Å²) in [5.41, 5.74) is 3.65. The Morgan fingerprint density at radius 1 is 0.969 bits per heavy atom. The zero-order valence-electron chi connectivity index (χ0n) is 17.8. The Labute approximate surface area is 187 Å². The minimum Gasteiger partial charge on any atom is -0.381 e. The predicted molar refractivity (Wildman–Crippen MR) is 123 cm³/mol. The Kier molecular flexibility index (Phi) is 5.45. The van der Waals surface area contributed by atoms with Gasteiger partial charge in [-0.05, 0) is 54.7 Å². The largest absolute Gasteiger partial charge is 0.381 e. The van der Waals surface area contributed by atoms with Gasteiger partial charge in [-0.25, -0.2) is 0 Å². The molecule has 2 aliphatic rings. The number of ether oxygens (including phenoxy) is 1. The van der Waals surface area contributed by atoms with Crippen LogP contribution < -0.4 is 10.2 Å². The SMILES string of the molecule is O=C(c1ccncc1)N1CCc2ccc(NC(=O)C3(c4ccccc4)CCOCC3)cc21. The zero-order valence-corrected chi connectivity index (χ0v) is 17.8. The second-order valence-electron chi connectivity index (χ2n) is 8.30. The molecule has 0 spiro atoms. The van der Waals surface area contributed by atoms with Gasteiger partial charge in [-0.1, -0.05) is 36.4 Å². The molecule has 6 nitrogen and oxygen atoms in total. The van der Waals surface area contributed by atoms with E-state index in [0.717, 1.165) is 23.2 Å². The number of fused-ring (bicyclic) bond motifs is 1. The number of rotatable bonds is 4. The average molecular weight is 428 g/mol. The second kappa shape index (κ2) is 8.55. The lowest BCUT2D eigenvalue weighted by molar-refractivity contribution is -0.125. The molecule has 0 radical (unpaired) electrons. The molecule has 1 aromatic heterocycles. The van der Waals surface area contributed by atoms with Crippen LogP contribution in [0.3, 0.4) is 0 Å². The van der Waals surface area contributed by atoms with Gasteiger partial charge in [0.25, 0.3) is 5.91 Å². The van der Waals surface area contributed by atoms with E-state index in [9.17, 15) is 9.59 Å².